The molecule has 0 aliphatic carbocycles. The number of nitro benzene ring substituents is 1. The zero-order valence-corrected chi connectivity index (χ0v) is 22.5. The molecule has 4 rings (SSSR count). The molecule has 9 nitrogen and oxygen atoms in total. The molecule has 0 saturated carbocycles. The van der Waals surface area contributed by atoms with E-state index >= 15 is 0 Å². The minimum absolute atomic E-state index is 0.0895. The molecular formula is C28H36F2N4O5. The Morgan fingerprint density at radius 1 is 1.05 bits per heavy atom. The van der Waals surface area contributed by atoms with Gasteiger partial charge in [0.15, 0.2) is 0 Å². The van der Waals surface area contributed by atoms with Gasteiger partial charge in [-0.2, -0.15) is 0 Å². The maximum Gasteiger partial charge on any atom is 0.311 e. The highest BCUT2D eigenvalue weighted by molar-refractivity contribution is 5.76. The van der Waals surface area contributed by atoms with Gasteiger partial charge in [-0.3, -0.25) is 19.8 Å². The van der Waals surface area contributed by atoms with Crippen molar-refractivity contribution in [2.24, 2.45) is 5.92 Å². The third-order valence-corrected chi connectivity index (χ3v) is 7.06. The number of piperazine rings is 1. The minimum atomic E-state index is -0.587. The number of ether oxygens (including phenoxy) is 2. The Hall–Kier alpha value is -3.47. The van der Waals surface area contributed by atoms with Crippen molar-refractivity contribution < 1.29 is 28.0 Å². The van der Waals surface area contributed by atoms with E-state index in [4.69, 9.17) is 9.47 Å². The number of benzene rings is 2. The standard InChI is InChI=1S/C28H36F2N4O5/c1-20(2)19-38-27-18-23(4-6-26(27)34(36)37)39-22-7-11-33(12-8-22)28(35)9-10-31-13-15-32(16-14-31)25-5-3-21(29)17-24(25)30/h3-6,17-18,20,22H,7-16,19H2,1-2H3. The molecule has 2 heterocycles. The summed E-state index contributed by atoms with van der Waals surface area (Å²) in [4.78, 5) is 29.7. The molecule has 0 radical (unpaired) electrons. The quantitative estimate of drug-likeness (QED) is 0.321. The van der Waals surface area contributed by atoms with Crippen molar-refractivity contribution in [1.29, 1.82) is 0 Å². The number of piperidine rings is 1. The second-order valence-corrected chi connectivity index (χ2v) is 10.5. The monoisotopic (exact) mass is 546 g/mol. The Morgan fingerprint density at radius 2 is 1.77 bits per heavy atom. The molecule has 39 heavy (non-hydrogen) atoms. The smallest absolute Gasteiger partial charge is 0.311 e. The molecule has 0 unspecified atom stereocenters. The molecule has 0 atom stereocenters. The summed E-state index contributed by atoms with van der Waals surface area (Å²) in [5.41, 5.74) is 0.317. The van der Waals surface area contributed by atoms with Crippen molar-refractivity contribution in [3.63, 3.8) is 0 Å². The molecule has 2 aliphatic rings. The number of rotatable bonds is 10. The van der Waals surface area contributed by atoms with Crippen LogP contribution in [0.4, 0.5) is 20.2 Å². The number of carbonyl (C=O) groups is 1. The predicted octanol–water partition coefficient (Wildman–Crippen LogP) is 4.49. The van der Waals surface area contributed by atoms with Gasteiger partial charge in [0, 0.05) is 83.3 Å². The number of nitro groups is 1. The zero-order chi connectivity index (χ0) is 27.9. The normalized spacial score (nSPS) is 16.9. The summed E-state index contributed by atoms with van der Waals surface area (Å²) in [5.74, 6) is -0.103. The van der Waals surface area contributed by atoms with Crippen LogP contribution in [0.5, 0.6) is 11.5 Å². The fourth-order valence-corrected chi connectivity index (χ4v) is 4.87. The van der Waals surface area contributed by atoms with Gasteiger partial charge >= 0.3 is 5.69 Å². The number of hydrogen-bond donors (Lipinski definition) is 0. The fraction of sp³-hybridized carbons (Fsp3) is 0.536. The Kier molecular flexibility index (Phi) is 9.55. The number of nitrogens with zero attached hydrogens (tertiary/aromatic N) is 4. The maximum absolute atomic E-state index is 14.1. The number of halogens is 2. The molecule has 0 spiro atoms. The number of amides is 1. The number of carbonyl (C=O) groups excluding carboxylic acids is 1. The first-order valence-electron chi connectivity index (χ1n) is 13.5. The van der Waals surface area contributed by atoms with E-state index in [1.165, 1.54) is 18.2 Å². The van der Waals surface area contributed by atoms with Crippen molar-refractivity contribution in [1.82, 2.24) is 9.80 Å². The van der Waals surface area contributed by atoms with Crippen LogP contribution in [0, 0.1) is 27.7 Å². The van der Waals surface area contributed by atoms with Crippen LogP contribution in [0.2, 0.25) is 0 Å². The first-order chi connectivity index (χ1) is 18.7. The van der Waals surface area contributed by atoms with Crippen LogP contribution < -0.4 is 14.4 Å². The lowest BCUT2D eigenvalue weighted by atomic mass is 10.1. The molecule has 0 aromatic heterocycles. The van der Waals surface area contributed by atoms with Crippen molar-refractivity contribution in [3.8, 4) is 11.5 Å². The van der Waals surface area contributed by atoms with E-state index in [1.54, 1.807) is 12.1 Å². The Bertz CT molecular complexity index is 1150. The van der Waals surface area contributed by atoms with Crippen LogP contribution >= 0.6 is 0 Å². The molecule has 212 valence electrons. The molecule has 11 heteroatoms. The van der Waals surface area contributed by atoms with E-state index in [-0.39, 0.29) is 29.4 Å². The third-order valence-electron chi connectivity index (χ3n) is 7.06. The lowest BCUT2D eigenvalue weighted by Crippen LogP contribution is -2.48. The van der Waals surface area contributed by atoms with Gasteiger partial charge in [0.2, 0.25) is 11.7 Å². The van der Waals surface area contributed by atoms with Gasteiger partial charge in [0.05, 0.1) is 17.2 Å². The highest BCUT2D eigenvalue weighted by Gasteiger charge is 2.26. The molecule has 0 bridgehead atoms. The lowest BCUT2D eigenvalue weighted by Gasteiger charge is -2.37. The van der Waals surface area contributed by atoms with E-state index in [1.807, 2.05) is 23.6 Å². The first-order valence-corrected chi connectivity index (χ1v) is 13.5. The zero-order valence-electron chi connectivity index (χ0n) is 22.5. The van der Waals surface area contributed by atoms with Crippen LogP contribution in [0.15, 0.2) is 36.4 Å². The largest absolute Gasteiger partial charge is 0.490 e. The maximum atomic E-state index is 14.1. The molecule has 2 aliphatic heterocycles. The summed E-state index contributed by atoms with van der Waals surface area (Å²) in [6, 6.07) is 8.20. The average molecular weight is 547 g/mol. The Morgan fingerprint density at radius 3 is 2.41 bits per heavy atom. The van der Waals surface area contributed by atoms with E-state index < -0.39 is 16.6 Å². The first kappa shape index (κ1) is 28.5. The summed E-state index contributed by atoms with van der Waals surface area (Å²) in [6.07, 6.45) is 1.67. The highest BCUT2D eigenvalue weighted by Crippen LogP contribution is 2.33. The molecule has 2 saturated heterocycles. The fourth-order valence-electron chi connectivity index (χ4n) is 4.87. The number of hydrogen-bond acceptors (Lipinski definition) is 7. The summed E-state index contributed by atoms with van der Waals surface area (Å²) in [6.45, 7) is 8.77. The van der Waals surface area contributed by atoms with Crippen molar-refractivity contribution >= 4 is 17.3 Å². The van der Waals surface area contributed by atoms with Crippen molar-refractivity contribution in [3.05, 3.63) is 58.1 Å². The Balaban J connectivity index is 1.19. The minimum Gasteiger partial charge on any atom is -0.490 e. The molecule has 0 N–H and O–H groups in total. The third kappa shape index (κ3) is 7.78. The second kappa shape index (κ2) is 13.1. The lowest BCUT2D eigenvalue weighted by molar-refractivity contribution is -0.385. The van der Waals surface area contributed by atoms with Crippen LogP contribution in [-0.4, -0.2) is 79.2 Å². The van der Waals surface area contributed by atoms with Crippen LogP contribution in [0.25, 0.3) is 0 Å². The van der Waals surface area contributed by atoms with Gasteiger partial charge in [-0.1, -0.05) is 13.8 Å². The van der Waals surface area contributed by atoms with Crippen LogP contribution in [0.3, 0.4) is 0 Å². The summed E-state index contributed by atoms with van der Waals surface area (Å²) in [5, 5.41) is 11.3. The highest BCUT2D eigenvalue weighted by atomic mass is 19.1. The van der Waals surface area contributed by atoms with Gasteiger partial charge in [-0.05, 0) is 24.1 Å². The van der Waals surface area contributed by atoms with Gasteiger partial charge in [0.1, 0.15) is 23.5 Å². The summed E-state index contributed by atoms with van der Waals surface area (Å²) < 4.78 is 39.0. The molecular weight excluding hydrogens is 510 g/mol. The predicted molar refractivity (Wildman–Crippen MR) is 143 cm³/mol. The second-order valence-electron chi connectivity index (χ2n) is 10.5. The van der Waals surface area contributed by atoms with E-state index in [0.717, 1.165) is 6.07 Å². The van der Waals surface area contributed by atoms with Crippen molar-refractivity contribution in [2.45, 2.75) is 39.2 Å². The van der Waals surface area contributed by atoms with E-state index in [9.17, 15) is 23.7 Å². The van der Waals surface area contributed by atoms with Crippen LogP contribution in [-0.2, 0) is 4.79 Å². The van der Waals surface area contributed by atoms with Crippen LogP contribution in [0.1, 0.15) is 33.1 Å². The van der Waals surface area contributed by atoms with Gasteiger partial charge < -0.3 is 19.3 Å². The number of anilines is 1. The Labute approximate surface area is 227 Å². The molecule has 2 aromatic carbocycles. The average Bonchev–Trinajstić information content (AvgIpc) is 2.91. The number of likely N-dealkylation sites (tertiary alicyclic amines) is 1. The molecule has 2 fully saturated rings. The topological polar surface area (TPSA) is 88.4 Å². The van der Waals surface area contributed by atoms with Gasteiger partial charge in [-0.25, -0.2) is 8.78 Å². The van der Waals surface area contributed by atoms with E-state index in [0.29, 0.717) is 83.1 Å². The van der Waals surface area contributed by atoms with Crippen molar-refractivity contribution in [2.75, 3.05) is 57.3 Å². The summed E-state index contributed by atoms with van der Waals surface area (Å²) in [7, 11) is 0. The van der Waals surface area contributed by atoms with Gasteiger partial charge in [-0.15, -0.1) is 0 Å². The molecule has 1 amide bonds. The SMILES string of the molecule is CC(C)COc1cc(OC2CCN(C(=O)CCN3CCN(c4ccc(F)cc4F)CC3)CC2)ccc1[N+](=O)[O-]. The summed E-state index contributed by atoms with van der Waals surface area (Å²) >= 11 is 0. The van der Waals surface area contributed by atoms with E-state index in [2.05, 4.69) is 4.90 Å². The molecule has 2 aromatic rings. The van der Waals surface area contributed by atoms with Gasteiger partial charge in [0.25, 0.3) is 0 Å².